The molecule has 1 heterocycles. The molecule has 7 heteroatoms. The third-order valence-corrected chi connectivity index (χ3v) is 3.66. The highest BCUT2D eigenvalue weighted by Crippen LogP contribution is 2.14. The zero-order valence-electron chi connectivity index (χ0n) is 13.1. The minimum atomic E-state index is -0.973. The van der Waals surface area contributed by atoms with Gasteiger partial charge in [-0.1, -0.05) is 35.9 Å². The van der Waals surface area contributed by atoms with Crippen LogP contribution in [-0.4, -0.2) is 22.5 Å². The first-order valence-corrected chi connectivity index (χ1v) is 7.71. The van der Waals surface area contributed by atoms with Crippen molar-refractivity contribution >= 4 is 23.5 Å². The van der Waals surface area contributed by atoms with Gasteiger partial charge in [0, 0.05) is 23.8 Å². The fourth-order valence-electron chi connectivity index (χ4n) is 1.99. The number of ether oxygens (including phenoxy) is 1. The third-order valence-electron chi connectivity index (χ3n) is 3.29. The van der Waals surface area contributed by atoms with Gasteiger partial charge in [0.05, 0.1) is 0 Å². The second kappa shape index (κ2) is 8.31. The molecule has 0 radical (unpaired) electrons. The molecule has 24 heavy (non-hydrogen) atoms. The van der Waals surface area contributed by atoms with Crippen LogP contribution in [0.25, 0.3) is 0 Å². The van der Waals surface area contributed by atoms with Gasteiger partial charge < -0.3 is 14.6 Å². The molecular weight excluding hydrogens is 332 g/mol. The number of benzene rings is 1. The number of esters is 1. The molecule has 1 atom stereocenters. The second-order valence-electron chi connectivity index (χ2n) is 5.11. The molecule has 0 aliphatic rings. The van der Waals surface area contributed by atoms with E-state index >= 15 is 0 Å². The van der Waals surface area contributed by atoms with E-state index in [2.05, 4.69) is 5.32 Å². The van der Waals surface area contributed by atoms with Gasteiger partial charge in [-0.3, -0.25) is 14.4 Å². The summed E-state index contributed by atoms with van der Waals surface area (Å²) in [5.41, 5.74) is 0.451. The molecule has 0 saturated carbocycles. The lowest BCUT2D eigenvalue weighted by Gasteiger charge is -2.14. The number of hydrogen-bond acceptors (Lipinski definition) is 4. The summed E-state index contributed by atoms with van der Waals surface area (Å²) in [5, 5.41) is 3.20. The van der Waals surface area contributed by atoms with Gasteiger partial charge in [0.15, 0.2) is 6.10 Å². The van der Waals surface area contributed by atoms with E-state index in [0.717, 1.165) is 5.56 Å². The molecule has 0 saturated heterocycles. The lowest BCUT2D eigenvalue weighted by molar-refractivity contribution is -0.155. The van der Waals surface area contributed by atoms with Crippen molar-refractivity contribution in [1.29, 1.82) is 0 Å². The van der Waals surface area contributed by atoms with Crippen LogP contribution in [0.2, 0.25) is 5.02 Å². The van der Waals surface area contributed by atoms with E-state index in [1.807, 2.05) is 6.07 Å². The number of carbonyl (C=O) groups is 2. The SMILES string of the molecule is C[C@H](OC(=O)Cn1ccccc1=O)C(=O)NCc1ccccc1Cl. The normalized spacial score (nSPS) is 11.6. The van der Waals surface area contributed by atoms with E-state index in [-0.39, 0.29) is 18.6 Å². The number of hydrogen-bond donors (Lipinski definition) is 1. The molecule has 126 valence electrons. The Bertz CT molecular complexity index is 788. The Morgan fingerprint density at radius 3 is 2.62 bits per heavy atom. The average molecular weight is 349 g/mol. The summed E-state index contributed by atoms with van der Waals surface area (Å²) in [6.45, 7) is 1.45. The lowest BCUT2D eigenvalue weighted by Crippen LogP contribution is -2.36. The number of halogens is 1. The highest BCUT2D eigenvalue weighted by molar-refractivity contribution is 6.31. The Balaban J connectivity index is 1.85. The van der Waals surface area contributed by atoms with Gasteiger partial charge in [0.2, 0.25) is 0 Å². The molecular formula is C17H17ClN2O4. The standard InChI is InChI=1S/C17H17ClN2O4/c1-12(17(23)19-10-13-6-2-3-7-14(13)18)24-16(22)11-20-9-5-4-8-15(20)21/h2-9,12H,10-11H2,1H3,(H,19,23)/t12-/m0/s1. The first-order chi connectivity index (χ1) is 11.5. The molecule has 0 spiro atoms. The first-order valence-electron chi connectivity index (χ1n) is 7.33. The van der Waals surface area contributed by atoms with Crippen LogP contribution < -0.4 is 10.9 Å². The molecule has 1 aromatic carbocycles. The molecule has 0 aliphatic heterocycles. The van der Waals surface area contributed by atoms with Crippen molar-refractivity contribution in [3.8, 4) is 0 Å². The fraction of sp³-hybridized carbons (Fsp3) is 0.235. The Morgan fingerprint density at radius 2 is 1.92 bits per heavy atom. The van der Waals surface area contributed by atoms with Crippen LogP contribution >= 0.6 is 11.6 Å². The van der Waals surface area contributed by atoms with Crippen molar-refractivity contribution in [3.63, 3.8) is 0 Å². The van der Waals surface area contributed by atoms with E-state index < -0.39 is 18.0 Å². The van der Waals surface area contributed by atoms with Gasteiger partial charge in [-0.15, -0.1) is 0 Å². The summed E-state index contributed by atoms with van der Waals surface area (Å²) in [5.74, 6) is -1.10. The minimum Gasteiger partial charge on any atom is -0.451 e. The predicted molar refractivity (Wildman–Crippen MR) is 89.6 cm³/mol. The van der Waals surface area contributed by atoms with Crippen LogP contribution in [0.15, 0.2) is 53.5 Å². The molecule has 0 bridgehead atoms. The number of aromatic nitrogens is 1. The molecule has 0 unspecified atom stereocenters. The minimum absolute atomic E-state index is 0.235. The van der Waals surface area contributed by atoms with Crippen LogP contribution in [0.3, 0.4) is 0 Å². The van der Waals surface area contributed by atoms with Gasteiger partial charge in [0.1, 0.15) is 6.54 Å². The van der Waals surface area contributed by atoms with E-state index in [0.29, 0.717) is 5.02 Å². The van der Waals surface area contributed by atoms with E-state index in [1.54, 1.807) is 30.3 Å². The molecule has 2 aromatic rings. The number of nitrogens with zero attached hydrogens (tertiary/aromatic N) is 1. The van der Waals surface area contributed by atoms with Gasteiger partial charge in [-0.05, 0) is 24.6 Å². The van der Waals surface area contributed by atoms with Gasteiger partial charge >= 0.3 is 5.97 Å². The van der Waals surface area contributed by atoms with E-state index in [4.69, 9.17) is 16.3 Å². The summed E-state index contributed by atoms with van der Waals surface area (Å²) < 4.78 is 6.25. The average Bonchev–Trinajstić information content (AvgIpc) is 2.56. The smallest absolute Gasteiger partial charge is 0.326 e. The van der Waals surface area contributed by atoms with Crippen molar-refractivity contribution in [3.05, 3.63) is 69.6 Å². The number of rotatable bonds is 6. The summed E-state index contributed by atoms with van der Waals surface area (Å²) >= 11 is 6.01. The maximum atomic E-state index is 12.0. The summed E-state index contributed by atoms with van der Waals surface area (Å²) in [6, 6.07) is 11.7. The highest BCUT2D eigenvalue weighted by Gasteiger charge is 2.18. The molecule has 1 N–H and O–H groups in total. The van der Waals surface area contributed by atoms with Crippen LogP contribution in [0, 0.1) is 0 Å². The van der Waals surface area contributed by atoms with Crippen LogP contribution in [0.4, 0.5) is 0 Å². The largest absolute Gasteiger partial charge is 0.451 e. The quantitative estimate of drug-likeness (QED) is 0.807. The van der Waals surface area contributed by atoms with Crippen molar-refractivity contribution in [2.45, 2.75) is 26.1 Å². The summed E-state index contributed by atoms with van der Waals surface area (Å²) in [7, 11) is 0. The zero-order chi connectivity index (χ0) is 17.5. The van der Waals surface area contributed by atoms with Crippen molar-refractivity contribution in [2.24, 2.45) is 0 Å². The van der Waals surface area contributed by atoms with Gasteiger partial charge in [-0.25, -0.2) is 0 Å². The zero-order valence-corrected chi connectivity index (χ0v) is 13.8. The van der Waals surface area contributed by atoms with Crippen LogP contribution in [-0.2, 0) is 27.4 Å². The number of pyridine rings is 1. The Morgan fingerprint density at radius 1 is 1.21 bits per heavy atom. The van der Waals surface area contributed by atoms with Crippen molar-refractivity contribution in [2.75, 3.05) is 0 Å². The second-order valence-corrected chi connectivity index (χ2v) is 5.52. The van der Waals surface area contributed by atoms with E-state index in [1.165, 1.54) is 23.8 Å². The topological polar surface area (TPSA) is 77.4 Å². The highest BCUT2D eigenvalue weighted by atomic mass is 35.5. The summed E-state index contributed by atoms with van der Waals surface area (Å²) in [6.07, 6.45) is 0.505. The molecule has 2 rings (SSSR count). The van der Waals surface area contributed by atoms with Gasteiger partial charge in [-0.2, -0.15) is 0 Å². The molecule has 0 aliphatic carbocycles. The van der Waals surface area contributed by atoms with E-state index in [9.17, 15) is 14.4 Å². The van der Waals surface area contributed by atoms with Crippen molar-refractivity contribution < 1.29 is 14.3 Å². The number of carbonyl (C=O) groups excluding carboxylic acids is 2. The lowest BCUT2D eigenvalue weighted by atomic mass is 10.2. The maximum absolute atomic E-state index is 12.0. The maximum Gasteiger partial charge on any atom is 0.326 e. The first kappa shape index (κ1) is 17.7. The molecule has 1 aromatic heterocycles. The third kappa shape index (κ3) is 4.96. The molecule has 6 nitrogen and oxygen atoms in total. The molecule has 1 amide bonds. The summed E-state index contributed by atoms with van der Waals surface area (Å²) in [4.78, 5) is 35.3. The van der Waals surface area contributed by atoms with Crippen LogP contribution in [0.1, 0.15) is 12.5 Å². The predicted octanol–water partition coefficient (Wildman–Crippen LogP) is 1.75. The molecule has 0 fully saturated rings. The number of amides is 1. The Hall–Kier alpha value is -2.60. The Kier molecular flexibility index (Phi) is 6.14. The fourth-order valence-corrected chi connectivity index (χ4v) is 2.19. The number of nitrogens with one attached hydrogen (secondary N) is 1. The monoisotopic (exact) mass is 348 g/mol. The van der Waals surface area contributed by atoms with Gasteiger partial charge in [0.25, 0.3) is 11.5 Å². The van der Waals surface area contributed by atoms with Crippen LogP contribution in [0.5, 0.6) is 0 Å². The van der Waals surface area contributed by atoms with Crippen molar-refractivity contribution in [1.82, 2.24) is 9.88 Å². The Labute approximate surface area is 144 Å².